The van der Waals surface area contributed by atoms with Crippen molar-refractivity contribution >= 4 is 11.6 Å². The molecule has 0 saturated carbocycles. The van der Waals surface area contributed by atoms with Crippen molar-refractivity contribution in [3.05, 3.63) is 60.4 Å². The largest absolute Gasteiger partial charge is 0.493 e. The van der Waals surface area contributed by atoms with Crippen molar-refractivity contribution < 1.29 is 18.8 Å². The summed E-state index contributed by atoms with van der Waals surface area (Å²) in [5.41, 5.74) is 2.07. The summed E-state index contributed by atoms with van der Waals surface area (Å²) in [4.78, 5) is 14.9. The standard InChI is InChI=1S/C23H27N3O4/c1-4-26(5-2)13-14-29-21-15-18(11-12-20(21)28-3)24-23(27)22-16-19(25-30-22)17-9-7-6-8-10-17/h6-12,15-16H,4-5,13-14H2,1-3H3,(H,24,27). The quantitative estimate of drug-likeness (QED) is 0.537. The summed E-state index contributed by atoms with van der Waals surface area (Å²) in [7, 11) is 1.59. The van der Waals surface area contributed by atoms with Crippen molar-refractivity contribution in [1.29, 1.82) is 0 Å². The molecule has 30 heavy (non-hydrogen) atoms. The smallest absolute Gasteiger partial charge is 0.294 e. The van der Waals surface area contributed by atoms with Crippen LogP contribution < -0.4 is 14.8 Å². The third kappa shape index (κ3) is 5.39. The van der Waals surface area contributed by atoms with Gasteiger partial charge in [-0.05, 0) is 25.2 Å². The van der Waals surface area contributed by atoms with Crippen molar-refractivity contribution in [1.82, 2.24) is 10.1 Å². The van der Waals surface area contributed by atoms with Crippen molar-refractivity contribution in [2.45, 2.75) is 13.8 Å². The molecule has 0 fully saturated rings. The van der Waals surface area contributed by atoms with Crippen molar-refractivity contribution in [3.8, 4) is 22.8 Å². The number of amides is 1. The summed E-state index contributed by atoms with van der Waals surface area (Å²) >= 11 is 0. The molecule has 2 aromatic carbocycles. The molecule has 3 aromatic rings. The molecular weight excluding hydrogens is 382 g/mol. The zero-order chi connectivity index (χ0) is 21.3. The normalized spacial score (nSPS) is 10.8. The van der Waals surface area contributed by atoms with E-state index >= 15 is 0 Å². The van der Waals surface area contributed by atoms with E-state index < -0.39 is 0 Å². The van der Waals surface area contributed by atoms with E-state index in [0.717, 1.165) is 25.2 Å². The van der Waals surface area contributed by atoms with Crippen LogP contribution in [0.2, 0.25) is 0 Å². The Morgan fingerprint density at radius 1 is 1.07 bits per heavy atom. The fourth-order valence-corrected chi connectivity index (χ4v) is 3.01. The average Bonchev–Trinajstić information content (AvgIpc) is 3.28. The molecule has 158 valence electrons. The van der Waals surface area contributed by atoms with Gasteiger partial charge in [0.25, 0.3) is 5.91 Å². The lowest BCUT2D eigenvalue weighted by Crippen LogP contribution is -2.28. The lowest BCUT2D eigenvalue weighted by atomic mass is 10.1. The average molecular weight is 409 g/mol. The molecule has 1 heterocycles. The van der Waals surface area contributed by atoms with Gasteiger partial charge in [0, 0.05) is 29.9 Å². The summed E-state index contributed by atoms with van der Waals surface area (Å²) in [6, 6.07) is 16.4. The SMILES string of the molecule is CCN(CC)CCOc1cc(NC(=O)c2cc(-c3ccccc3)no2)ccc1OC. The van der Waals surface area contributed by atoms with Crippen LogP contribution in [0.5, 0.6) is 11.5 Å². The number of ether oxygens (including phenoxy) is 2. The Bertz CT molecular complexity index is 952. The van der Waals surface area contributed by atoms with Gasteiger partial charge in [0.15, 0.2) is 11.5 Å². The molecular formula is C23H27N3O4. The molecule has 1 amide bonds. The van der Waals surface area contributed by atoms with Crippen LogP contribution in [0.1, 0.15) is 24.4 Å². The third-order valence-electron chi connectivity index (χ3n) is 4.78. The fraction of sp³-hybridized carbons (Fsp3) is 0.304. The van der Waals surface area contributed by atoms with Crippen LogP contribution in [0.4, 0.5) is 5.69 Å². The molecule has 0 unspecified atom stereocenters. The van der Waals surface area contributed by atoms with Gasteiger partial charge >= 0.3 is 0 Å². The van der Waals surface area contributed by atoms with Crippen LogP contribution in [0.3, 0.4) is 0 Å². The van der Waals surface area contributed by atoms with Gasteiger partial charge < -0.3 is 24.2 Å². The number of hydrogen-bond donors (Lipinski definition) is 1. The van der Waals surface area contributed by atoms with Crippen LogP contribution in [0.25, 0.3) is 11.3 Å². The van der Waals surface area contributed by atoms with Crippen LogP contribution >= 0.6 is 0 Å². The Hall–Kier alpha value is -3.32. The van der Waals surface area contributed by atoms with Gasteiger partial charge in [0.2, 0.25) is 5.76 Å². The number of carbonyl (C=O) groups is 1. The van der Waals surface area contributed by atoms with Gasteiger partial charge in [0.1, 0.15) is 12.3 Å². The van der Waals surface area contributed by atoms with Gasteiger partial charge in [-0.25, -0.2) is 0 Å². The maximum Gasteiger partial charge on any atom is 0.294 e. The van der Waals surface area contributed by atoms with Gasteiger partial charge in [-0.2, -0.15) is 0 Å². The highest BCUT2D eigenvalue weighted by Gasteiger charge is 2.15. The highest BCUT2D eigenvalue weighted by Crippen LogP contribution is 2.30. The van der Waals surface area contributed by atoms with Gasteiger partial charge in [-0.1, -0.05) is 49.3 Å². The highest BCUT2D eigenvalue weighted by atomic mass is 16.5. The molecule has 0 radical (unpaired) electrons. The van der Waals surface area contributed by atoms with E-state index in [9.17, 15) is 4.79 Å². The summed E-state index contributed by atoms with van der Waals surface area (Å²) in [6.07, 6.45) is 0. The number of carbonyl (C=O) groups excluding carboxylic acids is 1. The molecule has 0 aliphatic heterocycles. The van der Waals surface area contributed by atoms with Gasteiger partial charge in [-0.3, -0.25) is 4.79 Å². The molecule has 3 rings (SSSR count). The lowest BCUT2D eigenvalue weighted by Gasteiger charge is -2.19. The van der Waals surface area contributed by atoms with Crippen LogP contribution in [-0.2, 0) is 0 Å². The monoisotopic (exact) mass is 409 g/mol. The van der Waals surface area contributed by atoms with Crippen LogP contribution in [0, 0.1) is 0 Å². The predicted molar refractivity (Wildman–Crippen MR) is 116 cm³/mol. The number of nitrogens with one attached hydrogen (secondary N) is 1. The van der Waals surface area contributed by atoms with Crippen molar-refractivity contribution in [2.75, 3.05) is 38.7 Å². The second kappa shape index (κ2) is 10.5. The molecule has 0 atom stereocenters. The Kier molecular flexibility index (Phi) is 7.45. The van der Waals surface area contributed by atoms with Crippen molar-refractivity contribution in [2.24, 2.45) is 0 Å². The summed E-state index contributed by atoms with van der Waals surface area (Å²) in [5, 5.41) is 6.80. The number of nitrogens with zero attached hydrogens (tertiary/aromatic N) is 2. The Morgan fingerprint density at radius 2 is 1.83 bits per heavy atom. The predicted octanol–water partition coefficient (Wildman–Crippen LogP) is 4.32. The first-order valence-corrected chi connectivity index (χ1v) is 10.0. The topological polar surface area (TPSA) is 76.8 Å². The van der Waals surface area contributed by atoms with E-state index in [1.54, 1.807) is 31.4 Å². The number of benzene rings is 2. The number of methoxy groups -OCH3 is 1. The lowest BCUT2D eigenvalue weighted by molar-refractivity contribution is 0.0988. The molecule has 0 bridgehead atoms. The number of hydrogen-bond acceptors (Lipinski definition) is 6. The van der Waals surface area contributed by atoms with E-state index in [2.05, 4.69) is 29.2 Å². The number of aromatic nitrogens is 1. The number of rotatable bonds is 10. The zero-order valence-electron chi connectivity index (χ0n) is 17.6. The minimum absolute atomic E-state index is 0.133. The molecule has 0 aliphatic carbocycles. The van der Waals surface area contributed by atoms with Crippen LogP contribution in [-0.4, -0.2) is 49.3 Å². The van der Waals surface area contributed by atoms with Crippen molar-refractivity contribution in [3.63, 3.8) is 0 Å². The molecule has 7 heteroatoms. The highest BCUT2D eigenvalue weighted by molar-refractivity contribution is 6.02. The number of anilines is 1. The van der Waals surface area contributed by atoms with Gasteiger partial charge in [0.05, 0.1) is 7.11 Å². The Balaban J connectivity index is 1.67. The molecule has 0 saturated heterocycles. The van der Waals surface area contributed by atoms with E-state index in [1.807, 2.05) is 30.3 Å². The third-order valence-corrected chi connectivity index (χ3v) is 4.78. The maximum absolute atomic E-state index is 12.6. The Morgan fingerprint density at radius 3 is 2.53 bits per heavy atom. The van der Waals surface area contributed by atoms with E-state index in [4.69, 9.17) is 14.0 Å². The second-order valence-electron chi connectivity index (χ2n) is 6.64. The molecule has 0 aliphatic rings. The minimum atomic E-state index is -0.385. The molecule has 1 aromatic heterocycles. The van der Waals surface area contributed by atoms with E-state index in [0.29, 0.717) is 29.5 Å². The Labute approximate surface area is 176 Å². The maximum atomic E-state index is 12.6. The molecule has 1 N–H and O–H groups in total. The zero-order valence-corrected chi connectivity index (χ0v) is 17.6. The number of likely N-dealkylation sites (N-methyl/N-ethyl adjacent to an activating group) is 1. The van der Waals surface area contributed by atoms with E-state index in [-0.39, 0.29) is 11.7 Å². The first-order valence-electron chi connectivity index (χ1n) is 10.0. The first kappa shape index (κ1) is 21.4. The van der Waals surface area contributed by atoms with Crippen LogP contribution in [0.15, 0.2) is 59.1 Å². The second-order valence-corrected chi connectivity index (χ2v) is 6.64. The summed E-state index contributed by atoms with van der Waals surface area (Å²) in [6.45, 7) is 7.51. The first-order chi connectivity index (χ1) is 14.6. The molecule has 7 nitrogen and oxygen atoms in total. The summed E-state index contributed by atoms with van der Waals surface area (Å²) in [5.74, 6) is 0.932. The summed E-state index contributed by atoms with van der Waals surface area (Å²) < 4.78 is 16.5. The van der Waals surface area contributed by atoms with Gasteiger partial charge in [-0.15, -0.1) is 0 Å². The minimum Gasteiger partial charge on any atom is -0.493 e. The fourth-order valence-electron chi connectivity index (χ4n) is 3.01. The molecule has 0 spiro atoms. The van der Waals surface area contributed by atoms with E-state index in [1.165, 1.54) is 0 Å².